The normalized spacial score (nSPS) is 27.9. The fourth-order valence-electron chi connectivity index (χ4n) is 2.59. The second-order valence-electron chi connectivity index (χ2n) is 5.20. The van der Waals surface area contributed by atoms with Crippen molar-refractivity contribution in [3.05, 3.63) is 0 Å². The van der Waals surface area contributed by atoms with Gasteiger partial charge in [0.15, 0.2) is 0 Å². The van der Waals surface area contributed by atoms with E-state index in [0.717, 1.165) is 12.0 Å². The van der Waals surface area contributed by atoms with Crippen molar-refractivity contribution in [3.8, 4) is 0 Å². The van der Waals surface area contributed by atoms with Crippen molar-refractivity contribution >= 4 is 0 Å². The van der Waals surface area contributed by atoms with Crippen molar-refractivity contribution in [2.75, 3.05) is 19.6 Å². The van der Waals surface area contributed by atoms with Gasteiger partial charge in [-0.15, -0.1) is 0 Å². The zero-order chi connectivity index (χ0) is 9.97. The summed E-state index contributed by atoms with van der Waals surface area (Å²) in [6.07, 6.45) is 5.71. The van der Waals surface area contributed by atoms with Crippen LogP contribution in [0.3, 0.4) is 0 Å². The van der Waals surface area contributed by atoms with E-state index >= 15 is 0 Å². The summed E-state index contributed by atoms with van der Waals surface area (Å²) in [5, 5.41) is 3.73. The molecule has 0 aromatic heterocycles. The molecule has 1 N–H and O–H groups in total. The third kappa shape index (κ3) is 2.96. The van der Waals surface area contributed by atoms with Crippen LogP contribution in [-0.4, -0.2) is 36.6 Å². The molecule has 1 aliphatic heterocycles. The van der Waals surface area contributed by atoms with Gasteiger partial charge < -0.3 is 10.2 Å². The van der Waals surface area contributed by atoms with Gasteiger partial charge in [0.05, 0.1) is 0 Å². The van der Waals surface area contributed by atoms with Crippen molar-refractivity contribution in [3.63, 3.8) is 0 Å². The highest BCUT2D eigenvalue weighted by atomic mass is 15.2. The van der Waals surface area contributed by atoms with Crippen LogP contribution in [0.4, 0.5) is 0 Å². The molecule has 0 aromatic carbocycles. The molecular weight excluding hydrogens is 172 g/mol. The van der Waals surface area contributed by atoms with E-state index in [1.807, 2.05) is 0 Å². The predicted octanol–water partition coefficient (Wildman–Crippen LogP) is 1.86. The lowest BCUT2D eigenvalue weighted by atomic mass is 10.2. The molecule has 2 rings (SSSR count). The highest BCUT2D eigenvalue weighted by Crippen LogP contribution is 2.32. The number of likely N-dealkylation sites (tertiary alicyclic amines) is 1. The summed E-state index contributed by atoms with van der Waals surface area (Å²) in [5.74, 6) is 0.982. The van der Waals surface area contributed by atoms with Crippen LogP contribution >= 0.6 is 0 Å². The first-order valence-corrected chi connectivity index (χ1v) is 6.24. The van der Waals surface area contributed by atoms with Crippen LogP contribution in [-0.2, 0) is 0 Å². The molecule has 2 nitrogen and oxygen atoms in total. The Labute approximate surface area is 88.1 Å². The molecule has 0 bridgehead atoms. The Morgan fingerprint density at radius 2 is 1.86 bits per heavy atom. The molecule has 2 atom stereocenters. The van der Waals surface area contributed by atoms with Gasteiger partial charge in [0.1, 0.15) is 0 Å². The minimum Gasteiger partial charge on any atom is -0.310 e. The van der Waals surface area contributed by atoms with Gasteiger partial charge in [-0.3, -0.25) is 0 Å². The monoisotopic (exact) mass is 196 g/mol. The molecule has 1 saturated heterocycles. The summed E-state index contributed by atoms with van der Waals surface area (Å²) in [5.41, 5.74) is 0. The fourth-order valence-corrected chi connectivity index (χ4v) is 2.59. The Balaban J connectivity index is 1.63. The second-order valence-corrected chi connectivity index (χ2v) is 5.20. The topological polar surface area (TPSA) is 15.3 Å². The number of rotatable bonds is 5. The average Bonchev–Trinajstić information content (AvgIpc) is 2.87. The van der Waals surface area contributed by atoms with E-state index in [-0.39, 0.29) is 0 Å². The number of hydrogen-bond donors (Lipinski definition) is 1. The van der Waals surface area contributed by atoms with Gasteiger partial charge in [0.2, 0.25) is 0 Å². The van der Waals surface area contributed by atoms with E-state index in [2.05, 4.69) is 24.1 Å². The molecule has 1 aliphatic carbocycles. The molecule has 2 aliphatic rings. The summed E-state index contributed by atoms with van der Waals surface area (Å²) in [4.78, 5) is 2.59. The Morgan fingerprint density at radius 1 is 1.21 bits per heavy atom. The summed E-state index contributed by atoms with van der Waals surface area (Å²) in [7, 11) is 0. The van der Waals surface area contributed by atoms with Gasteiger partial charge in [0.25, 0.3) is 0 Å². The molecule has 2 unspecified atom stereocenters. The molecule has 0 spiro atoms. The largest absolute Gasteiger partial charge is 0.310 e. The average molecular weight is 196 g/mol. The molecule has 1 heterocycles. The lowest BCUT2D eigenvalue weighted by Crippen LogP contribution is -2.42. The lowest BCUT2D eigenvalue weighted by Gasteiger charge is -2.24. The Kier molecular flexibility index (Phi) is 3.45. The maximum Gasteiger partial charge on any atom is 0.0169 e. The molecule has 2 fully saturated rings. The molecular formula is C12H24N2. The van der Waals surface area contributed by atoms with E-state index in [9.17, 15) is 0 Å². The van der Waals surface area contributed by atoms with E-state index in [0.29, 0.717) is 6.04 Å². The Morgan fingerprint density at radius 3 is 2.43 bits per heavy atom. The predicted molar refractivity (Wildman–Crippen MR) is 60.5 cm³/mol. The quantitative estimate of drug-likeness (QED) is 0.722. The fraction of sp³-hybridized carbons (Fsp3) is 1.00. The van der Waals surface area contributed by atoms with Crippen molar-refractivity contribution in [2.24, 2.45) is 5.92 Å². The van der Waals surface area contributed by atoms with Gasteiger partial charge in [0, 0.05) is 18.6 Å². The van der Waals surface area contributed by atoms with Crippen molar-refractivity contribution in [1.82, 2.24) is 10.2 Å². The van der Waals surface area contributed by atoms with Gasteiger partial charge in [-0.25, -0.2) is 0 Å². The van der Waals surface area contributed by atoms with E-state index in [4.69, 9.17) is 0 Å². The number of nitrogens with zero attached hydrogens (tertiary/aromatic N) is 1. The summed E-state index contributed by atoms with van der Waals surface area (Å²) in [6, 6.07) is 1.41. The Hall–Kier alpha value is -0.0800. The van der Waals surface area contributed by atoms with Crippen LogP contribution in [0.25, 0.3) is 0 Å². The molecule has 82 valence electrons. The van der Waals surface area contributed by atoms with Gasteiger partial charge in [-0.1, -0.05) is 0 Å². The van der Waals surface area contributed by atoms with E-state index < -0.39 is 0 Å². The van der Waals surface area contributed by atoms with Crippen LogP contribution in [0.15, 0.2) is 0 Å². The standard InChI is InChI=1S/C12H24N2/c1-10(9-14-7-3-4-8-14)13-11(2)12-5-6-12/h10-13H,3-9H2,1-2H3. The van der Waals surface area contributed by atoms with Crippen molar-refractivity contribution in [2.45, 2.75) is 51.6 Å². The highest BCUT2D eigenvalue weighted by Gasteiger charge is 2.28. The molecule has 14 heavy (non-hydrogen) atoms. The van der Waals surface area contributed by atoms with Gasteiger partial charge in [-0.05, 0) is 58.5 Å². The summed E-state index contributed by atoms with van der Waals surface area (Å²) in [6.45, 7) is 8.57. The molecule has 1 saturated carbocycles. The lowest BCUT2D eigenvalue weighted by molar-refractivity contribution is 0.283. The SMILES string of the molecule is CC(CN1CCCC1)NC(C)C1CC1. The van der Waals surface area contributed by atoms with Crippen LogP contribution in [0.1, 0.15) is 39.5 Å². The first-order chi connectivity index (χ1) is 6.75. The van der Waals surface area contributed by atoms with Crippen LogP contribution in [0.2, 0.25) is 0 Å². The first-order valence-electron chi connectivity index (χ1n) is 6.24. The first kappa shape index (κ1) is 10.4. The molecule has 0 radical (unpaired) electrons. The second kappa shape index (κ2) is 4.63. The minimum absolute atomic E-state index is 0.670. The van der Waals surface area contributed by atoms with Crippen LogP contribution in [0.5, 0.6) is 0 Å². The summed E-state index contributed by atoms with van der Waals surface area (Å²) >= 11 is 0. The third-order valence-corrected chi connectivity index (χ3v) is 3.61. The highest BCUT2D eigenvalue weighted by molar-refractivity contribution is 4.85. The maximum atomic E-state index is 3.73. The maximum absolute atomic E-state index is 3.73. The number of nitrogens with one attached hydrogen (secondary N) is 1. The Bertz CT molecular complexity index is 167. The smallest absolute Gasteiger partial charge is 0.0169 e. The zero-order valence-electron chi connectivity index (χ0n) is 9.63. The van der Waals surface area contributed by atoms with Gasteiger partial charge in [-0.2, -0.15) is 0 Å². The molecule has 2 heteroatoms. The van der Waals surface area contributed by atoms with Crippen molar-refractivity contribution < 1.29 is 0 Å². The summed E-state index contributed by atoms with van der Waals surface area (Å²) < 4.78 is 0. The molecule has 0 amide bonds. The van der Waals surface area contributed by atoms with E-state index in [1.165, 1.54) is 45.3 Å². The van der Waals surface area contributed by atoms with E-state index in [1.54, 1.807) is 0 Å². The van der Waals surface area contributed by atoms with Crippen LogP contribution < -0.4 is 5.32 Å². The number of hydrogen-bond acceptors (Lipinski definition) is 2. The third-order valence-electron chi connectivity index (χ3n) is 3.61. The van der Waals surface area contributed by atoms with Crippen molar-refractivity contribution in [1.29, 1.82) is 0 Å². The molecule has 0 aromatic rings. The zero-order valence-corrected chi connectivity index (χ0v) is 9.63. The minimum atomic E-state index is 0.670. The van der Waals surface area contributed by atoms with Crippen LogP contribution in [0, 0.1) is 5.92 Å². The van der Waals surface area contributed by atoms with Gasteiger partial charge >= 0.3 is 0 Å².